The number of carbonyl (C=O) groups is 1. The Kier molecular flexibility index (Phi) is 7.38. The van der Waals surface area contributed by atoms with Crippen molar-refractivity contribution in [2.24, 2.45) is 0 Å². The molecule has 2 aromatic carbocycles. The molecule has 9 nitrogen and oxygen atoms in total. The van der Waals surface area contributed by atoms with E-state index in [4.69, 9.17) is 4.74 Å². The number of ether oxygens (including phenoxy) is 1. The van der Waals surface area contributed by atoms with Crippen molar-refractivity contribution in [1.82, 2.24) is 5.32 Å². The van der Waals surface area contributed by atoms with Crippen molar-refractivity contribution in [2.75, 3.05) is 17.2 Å². The van der Waals surface area contributed by atoms with Crippen LogP contribution in [0.5, 0.6) is 5.75 Å². The molecule has 0 unspecified atom stereocenters. The van der Waals surface area contributed by atoms with Crippen molar-refractivity contribution in [2.45, 2.75) is 33.4 Å². The van der Waals surface area contributed by atoms with Crippen molar-refractivity contribution in [1.29, 1.82) is 0 Å². The Morgan fingerprint density at radius 3 is 2.53 bits per heavy atom. The normalized spacial score (nSPS) is 12.1. The van der Waals surface area contributed by atoms with Crippen molar-refractivity contribution in [3.63, 3.8) is 0 Å². The fourth-order valence-electron chi connectivity index (χ4n) is 3.01. The summed E-state index contributed by atoms with van der Waals surface area (Å²) in [6, 6.07) is 9.98. The Balaban J connectivity index is 2.31. The molecule has 0 fully saturated rings. The lowest BCUT2D eigenvalue weighted by molar-refractivity contribution is -0.384. The van der Waals surface area contributed by atoms with Gasteiger partial charge in [0.15, 0.2) is 0 Å². The van der Waals surface area contributed by atoms with Gasteiger partial charge in [-0.3, -0.25) is 19.2 Å². The lowest BCUT2D eigenvalue weighted by atomic mass is 10.1. The molecular formula is C20H25N3O6S. The number of benzene rings is 2. The van der Waals surface area contributed by atoms with Crippen molar-refractivity contribution >= 4 is 27.3 Å². The molecular weight excluding hydrogens is 410 g/mol. The highest BCUT2D eigenvalue weighted by Gasteiger charge is 2.31. The van der Waals surface area contributed by atoms with E-state index in [1.165, 1.54) is 19.1 Å². The minimum absolute atomic E-state index is 0.0871. The highest BCUT2D eigenvalue weighted by atomic mass is 32.2. The highest BCUT2D eigenvalue weighted by Crippen LogP contribution is 2.29. The second-order valence-electron chi connectivity index (χ2n) is 6.72. The van der Waals surface area contributed by atoms with E-state index in [2.05, 4.69) is 5.32 Å². The number of hydrogen-bond donors (Lipinski definition) is 1. The molecule has 1 atom stereocenters. The van der Waals surface area contributed by atoms with Crippen molar-refractivity contribution in [3.8, 4) is 5.75 Å². The number of non-ortho nitro benzene ring substituents is 1. The molecule has 2 aromatic rings. The van der Waals surface area contributed by atoms with Crippen LogP contribution in [0.2, 0.25) is 0 Å². The number of rotatable bonds is 9. The van der Waals surface area contributed by atoms with Gasteiger partial charge in [0.2, 0.25) is 15.9 Å². The third-order valence-corrected chi connectivity index (χ3v) is 5.68. The van der Waals surface area contributed by atoms with Gasteiger partial charge in [0.25, 0.3) is 5.69 Å². The first-order chi connectivity index (χ1) is 14.1. The quantitative estimate of drug-likeness (QED) is 0.478. The smallest absolute Gasteiger partial charge is 0.271 e. The van der Waals surface area contributed by atoms with Crippen LogP contribution in [0.3, 0.4) is 0 Å². The van der Waals surface area contributed by atoms with Crippen LogP contribution in [0.25, 0.3) is 0 Å². The number of sulfonamides is 1. The average Bonchev–Trinajstić information content (AvgIpc) is 2.67. The number of aryl methyl sites for hydroxylation is 1. The van der Waals surface area contributed by atoms with Crippen LogP contribution in [0.15, 0.2) is 42.5 Å². The predicted molar refractivity (Wildman–Crippen MR) is 114 cm³/mol. The molecule has 0 heterocycles. The topological polar surface area (TPSA) is 119 Å². The maximum atomic E-state index is 12.8. The molecule has 0 aliphatic carbocycles. The fraction of sp³-hybridized carbons (Fsp3) is 0.350. The maximum absolute atomic E-state index is 12.8. The van der Waals surface area contributed by atoms with Gasteiger partial charge in [-0.05, 0) is 32.4 Å². The summed E-state index contributed by atoms with van der Waals surface area (Å²) < 4.78 is 31.4. The van der Waals surface area contributed by atoms with Gasteiger partial charge < -0.3 is 10.1 Å². The molecule has 0 aromatic heterocycles. The van der Waals surface area contributed by atoms with Gasteiger partial charge in [-0.1, -0.05) is 24.3 Å². The number of nitrogens with zero attached hydrogens (tertiary/aromatic N) is 2. The Labute approximate surface area is 175 Å². The summed E-state index contributed by atoms with van der Waals surface area (Å²) >= 11 is 0. The highest BCUT2D eigenvalue weighted by molar-refractivity contribution is 7.92. The zero-order chi connectivity index (χ0) is 22.5. The number of para-hydroxylation sites is 1. The number of hydrogen-bond acceptors (Lipinski definition) is 6. The van der Waals surface area contributed by atoms with Gasteiger partial charge in [0.05, 0.1) is 23.5 Å². The minimum Gasteiger partial charge on any atom is -0.494 e. The van der Waals surface area contributed by atoms with E-state index in [-0.39, 0.29) is 17.9 Å². The Bertz CT molecular complexity index is 1040. The van der Waals surface area contributed by atoms with E-state index >= 15 is 0 Å². The molecule has 1 N–H and O–H groups in total. The zero-order valence-corrected chi connectivity index (χ0v) is 18.1. The summed E-state index contributed by atoms with van der Waals surface area (Å²) in [7, 11) is -3.90. The van der Waals surface area contributed by atoms with Crippen LogP contribution in [-0.2, 0) is 21.4 Å². The van der Waals surface area contributed by atoms with E-state index < -0.39 is 26.9 Å². The lowest BCUT2D eigenvalue weighted by Crippen LogP contribution is -2.48. The molecule has 30 heavy (non-hydrogen) atoms. The SMILES string of the molecule is CCOc1ccccc1CNC(=O)[C@H](C)N(c1cc([N+](=O)[O-])ccc1C)S(C)(=O)=O. The molecule has 10 heteroatoms. The number of nitro benzene ring substituents is 1. The number of anilines is 1. The van der Waals surface area contributed by atoms with E-state index in [0.717, 1.165) is 22.2 Å². The van der Waals surface area contributed by atoms with Crippen LogP contribution < -0.4 is 14.4 Å². The molecule has 2 rings (SSSR count). The number of amides is 1. The van der Waals surface area contributed by atoms with Crippen molar-refractivity contribution in [3.05, 3.63) is 63.7 Å². The number of nitrogens with one attached hydrogen (secondary N) is 1. The Morgan fingerprint density at radius 1 is 1.27 bits per heavy atom. The Hall–Kier alpha value is -3.14. The van der Waals surface area contributed by atoms with Gasteiger partial charge in [-0.25, -0.2) is 8.42 Å². The summed E-state index contributed by atoms with van der Waals surface area (Å²) in [6.45, 7) is 5.52. The van der Waals surface area contributed by atoms with Crippen LogP contribution in [0.4, 0.5) is 11.4 Å². The van der Waals surface area contributed by atoms with Crippen LogP contribution >= 0.6 is 0 Å². The fourth-order valence-corrected chi connectivity index (χ4v) is 4.23. The third-order valence-electron chi connectivity index (χ3n) is 4.45. The van der Waals surface area contributed by atoms with Gasteiger partial charge in [-0.2, -0.15) is 0 Å². The van der Waals surface area contributed by atoms with Crippen LogP contribution in [0, 0.1) is 17.0 Å². The summed E-state index contributed by atoms with van der Waals surface area (Å²) in [5.74, 6) is 0.0834. The standard InChI is InChI=1S/C20H25N3O6S/c1-5-29-19-9-7-6-8-16(19)13-21-20(24)15(3)22(30(4,27)28)18-12-17(23(25)26)11-10-14(18)2/h6-12,15H,5,13H2,1-4H3,(H,21,24)/t15-/m0/s1. The van der Waals surface area contributed by atoms with Crippen molar-refractivity contribution < 1.29 is 22.9 Å². The molecule has 0 spiro atoms. The largest absolute Gasteiger partial charge is 0.494 e. The Morgan fingerprint density at radius 2 is 1.93 bits per heavy atom. The molecule has 0 radical (unpaired) electrons. The molecule has 0 aliphatic heterocycles. The van der Waals surface area contributed by atoms with Gasteiger partial charge in [0.1, 0.15) is 11.8 Å². The second kappa shape index (κ2) is 9.57. The third kappa shape index (κ3) is 5.47. The maximum Gasteiger partial charge on any atom is 0.271 e. The van der Waals surface area contributed by atoms with Gasteiger partial charge in [0, 0.05) is 24.2 Å². The second-order valence-corrected chi connectivity index (χ2v) is 8.58. The van der Waals surface area contributed by atoms with E-state index in [1.54, 1.807) is 19.1 Å². The monoisotopic (exact) mass is 435 g/mol. The van der Waals surface area contributed by atoms with Crippen LogP contribution in [-0.4, -0.2) is 38.2 Å². The molecule has 0 aliphatic rings. The first kappa shape index (κ1) is 23.1. The number of nitro groups is 1. The average molecular weight is 436 g/mol. The van der Waals surface area contributed by atoms with Crippen LogP contribution in [0.1, 0.15) is 25.0 Å². The zero-order valence-electron chi connectivity index (χ0n) is 17.3. The molecule has 0 saturated heterocycles. The van der Waals surface area contributed by atoms with E-state index in [9.17, 15) is 23.3 Å². The first-order valence-electron chi connectivity index (χ1n) is 9.29. The summed E-state index contributed by atoms with van der Waals surface area (Å²) in [6.07, 6.45) is 0.958. The molecule has 162 valence electrons. The molecule has 0 bridgehead atoms. The predicted octanol–water partition coefficient (Wildman–Crippen LogP) is 2.77. The first-order valence-corrected chi connectivity index (χ1v) is 11.1. The summed E-state index contributed by atoms with van der Waals surface area (Å²) in [4.78, 5) is 23.3. The molecule has 0 saturated carbocycles. The summed E-state index contributed by atoms with van der Waals surface area (Å²) in [5, 5.41) is 13.8. The minimum atomic E-state index is -3.90. The molecule has 1 amide bonds. The summed E-state index contributed by atoms with van der Waals surface area (Å²) in [5.41, 5.74) is 1.07. The van der Waals surface area contributed by atoms with E-state index in [1.807, 2.05) is 19.1 Å². The number of carbonyl (C=O) groups excluding carboxylic acids is 1. The van der Waals surface area contributed by atoms with E-state index in [0.29, 0.717) is 17.9 Å². The van der Waals surface area contributed by atoms with Gasteiger partial charge in [-0.15, -0.1) is 0 Å². The lowest BCUT2D eigenvalue weighted by Gasteiger charge is -2.29. The van der Waals surface area contributed by atoms with Gasteiger partial charge >= 0.3 is 0 Å².